The second kappa shape index (κ2) is 9.41. The Bertz CT molecular complexity index is 1180. The van der Waals surface area contributed by atoms with Crippen LogP contribution in [0.5, 0.6) is 5.88 Å². The molecule has 4 rings (SSSR count). The molecule has 2 aliphatic rings. The lowest BCUT2D eigenvalue weighted by Crippen LogP contribution is -2.51. The molecule has 2 fully saturated rings. The summed E-state index contributed by atoms with van der Waals surface area (Å²) in [6, 6.07) is 1.20. The molecule has 34 heavy (non-hydrogen) atoms. The fourth-order valence-electron chi connectivity index (χ4n) is 3.90. The van der Waals surface area contributed by atoms with E-state index in [1.807, 2.05) is 6.07 Å². The molecule has 0 spiro atoms. The smallest absolute Gasteiger partial charge is 0.246 e. The topological polar surface area (TPSA) is 155 Å². The van der Waals surface area contributed by atoms with E-state index < -0.39 is 33.9 Å². The average molecular weight is 496 g/mol. The largest absolute Gasteiger partial charge is 0.470 e. The van der Waals surface area contributed by atoms with Gasteiger partial charge in [0.2, 0.25) is 21.9 Å². The Morgan fingerprint density at radius 1 is 1.41 bits per heavy atom. The SMILES string of the molecule is Cn1cc(S(=O)(=O)N2CC[C@H](Nc3ncc(C#N)c(O[C@H]4CCOC[C@@]4(C)O)n3)[C@@H](F)C2)cn1. The van der Waals surface area contributed by atoms with E-state index in [9.17, 15) is 23.2 Å². The normalized spacial score (nSPS) is 28.3. The number of alkyl halides is 1. The van der Waals surface area contributed by atoms with Crippen molar-refractivity contribution in [1.82, 2.24) is 24.1 Å². The van der Waals surface area contributed by atoms with Crippen molar-refractivity contribution in [1.29, 1.82) is 5.26 Å². The zero-order valence-corrected chi connectivity index (χ0v) is 19.6. The van der Waals surface area contributed by atoms with Gasteiger partial charge < -0.3 is 19.9 Å². The summed E-state index contributed by atoms with van der Waals surface area (Å²) in [6.45, 7) is 1.81. The third kappa shape index (κ3) is 4.97. The molecule has 0 bridgehead atoms. The van der Waals surface area contributed by atoms with Gasteiger partial charge in [-0.25, -0.2) is 17.8 Å². The van der Waals surface area contributed by atoms with Gasteiger partial charge in [-0.3, -0.25) is 4.68 Å². The first-order valence-corrected chi connectivity index (χ1v) is 12.2. The summed E-state index contributed by atoms with van der Waals surface area (Å²) in [6.07, 6.45) is 2.26. The maximum atomic E-state index is 15.0. The van der Waals surface area contributed by atoms with E-state index in [1.165, 1.54) is 23.3 Å². The molecular formula is C20H26FN7O5S. The molecular weight excluding hydrogens is 469 g/mol. The molecule has 0 unspecified atom stereocenters. The molecule has 2 aliphatic heterocycles. The molecule has 2 aromatic heterocycles. The molecule has 0 radical (unpaired) electrons. The summed E-state index contributed by atoms with van der Waals surface area (Å²) < 4.78 is 54.1. The van der Waals surface area contributed by atoms with Gasteiger partial charge in [-0.15, -0.1) is 0 Å². The standard InChI is InChI=1S/C20H26FN7O5S/c1-20(29)12-32-6-4-17(20)33-18-13(7-22)8-23-19(26-18)25-16-3-5-28(11-15(16)21)34(30,31)14-9-24-27(2)10-14/h8-10,15-17,29H,3-6,11-12H2,1-2H3,(H,23,25,26)/t15-,16-,17-,20+/m0/s1. The van der Waals surface area contributed by atoms with Gasteiger partial charge in [0, 0.05) is 32.8 Å². The number of nitriles is 1. The Morgan fingerprint density at radius 2 is 2.21 bits per heavy atom. The number of ether oxygens (including phenoxy) is 2. The van der Waals surface area contributed by atoms with Gasteiger partial charge in [0.25, 0.3) is 0 Å². The molecule has 2 saturated heterocycles. The quantitative estimate of drug-likeness (QED) is 0.568. The van der Waals surface area contributed by atoms with Crippen molar-refractivity contribution in [2.75, 3.05) is 31.6 Å². The van der Waals surface area contributed by atoms with Crippen molar-refractivity contribution in [3.8, 4) is 11.9 Å². The molecule has 184 valence electrons. The zero-order chi connectivity index (χ0) is 24.5. The molecule has 4 atom stereocenters. The van der Waals surface area contributed by atoms with Crippen LogP contribution >= 0.6 is 0 Å². The van der Waals surface area contributed by atoms with Gasteiger partial charge in [-0.05, 0) is 13.3 Å². The number of aliphatic hydroxyl groups is 1. The second-order valence-corrected chi connectivity index (χ2v) is 10.5. The van der Waals surface area contributed by atoms with Crippen LogP contribution in [-0.2, 0) is 21.8 Å². The number of halogens is 1. The van der Waals surface area contributed by atoms with E-state index in [0.29, 0.717) is 13.0 Å². The van der Waals surface area contributed by atoms with E-state index in [4.69, 9.17) is 9.47 Å². The van der Waals surface area contributed by atoms with Crippen LogP contribution in [0.1, 0.15) is 25.3 Å². The molecule has 0 amide bonds. The lowest BCUT2D eigenvalue weighted by Gasteiger charge is -2.36. The minimum Gasteiger partial charge on any atom is -0.470 e. The summed E-state index contributed by atoms with van der Waals surface area (Å²) in [5.74, 6) is 0.0103. The fraction of sp³-hybridized carbons (Fsp3) is 0.600. The molecule has 12 nitrogen and oxygen atoms in total. The maximum absolute atomic E-state index is 15.0. The zero-order valence-electron chi connectivity index (χ0n) is 18.8. The van der Waals surface area contributed by atoms with Gasteiger partial charge >= 0.3 is 0 Å². The van der Waals surface area contributed by atoms with E-state index in [-0.39, 0.29) is 48.4 Å². The average Bonchev–Trinajstić information content (AvgIpc) is 3.24. The van der Waals surface area contributed by atoms with Crippen LogP contribution in [0.4, 0.5) is 10.3 Å². The Balaban J connectivity index is 1.45. The molecule has 2 N–H and O–H groups in total. The maximum Gasteiger partial charge on any atom is 0.246 e. The van der Waals surface area contributed by atoms with Crippen LogP contribution in [-0.4, -0.2) is 87.8 Å². The van der Waals surface area contributed by atoms with Crippen LogP contribution in [0.25, 0.3) is 0 Å². The highest BCUT2D eigenvalue weighted by molar-refractivity contribution is 7.89. The highest BCUT2D eigenvalue weighted by atomic mass is 32.2. The third-order valence-corrected chi connectivity index (χ3v) is 7.70. The number of aryl methyl sites for hydroxylation is 1. The predicted octanol–water partition coefficient (Wildman–Crippen LogP) is 0.214. The number of hydrogen-bond acceptors (Lipinski definition) is 10. The number of anilines is 1. The van der Waals surface area contributed by atoms with Crippen LogP contribution in [0, 0.1) is 11.3 Å². The minimum atomic E-state index is -3.85. The van der Waals surface area contributed by atoms with Crippen molar-refractivity contribution in [3.05, 3.63) is 24.2 Å². The summed E-state index contributed by atoms with van der Waals surface area (Å²) in [4.78, 5) is 8.30. The number of hydrogen-bond donors (Lipinski definition) is 2. The first-order chi connectivity index (χ1) is 16.1. The number of piperidine rings is 1. The Hall–Kier alpha value is -2.86. The van der Waals surface area contributed by atoms with Crippen LogP contribution in [0.2, 0.25) is 0 Å². The number of sulfonamides is 1. The molecule has 0 aliphatic carbocycles. The second-order valence-electron chi connectivity index (χ2n) is 8.60. The molecule has 0 aromatic carbocycles. The summed E-state index contributed by atoms with van der Waals surface area (Å²) in [5.41, 5.74) is -1.19. The van der Waals surface area contributed by atoms with Gasteiger partial charge in [0.1, 0.15) is 34.4 Å². The Labute approximate surface area is 196 Å². The number of nitrogens with zero attached hydrogens (tertiary/aromatic N) is 6. The third-order valence-electron chi connectivity index (χ3n) is 5.88. The van der Waals surface area contributed by atoms with Crippen molar-refractivity contribution in [3.63, 3.8) is 0 Å². The summed E-state index contributed by atoms with van der Waals surface area (Å²) >= 11 is 0. The molecule has 0 saturated carbocycles. The predicted molar refractivity (Wildman–Crippen MR) is 116 cm³/mol. The Morgan fingerprint density at radius 3 is 2.85 bits per heavy atom. The van der Waals surface area contributed by atoms with Crippen molar-refractivity contribution in [2.45, 2.75) is 48.6 Å². The first-order valence-electron chi connectivity index (χ1n) is 10.7. The van der Waals surface area contributed by atoms with Crippen LogP contribution in [0.3, 0.4) is 0 Å². The summed E-state index contributed by atoms with van der Waals surface area (Å²) in [7, 11) is -2.25. The van der Waals surface area contributed by atoms with Gasteiger partial charge in [0.15, 0.2) is 0 Å². The molecule has 4 heterocycles. The van der Waals surface area contributed by atoms with Crippen molar-refractivity contribution < 1.29 is 27.4 Å². The minimum absolute atomic E-state index is 0.00909. The Kier molecular flexibility index (Phi) is 6.72. The van der Waals surface area contributed by atoms with Crippen LogP contribution in [0.15, 0.2) is 23.5 Å². The first kappa shape index (κ1) is 24.3. The van der Waals surface area contributed by atoms with Gasteiger partial charge in [0.05, 0.1) is 31.6 Å². The lowest BCUT2D eigenvalue weighted by atomic mass is 9.95. The van der Waals surface area contributed by atoms with Gasteiger partial charge in [-0.1, -0.05) is 0 Å². The molecule has 2 aromatic rings. The summed E-state index contributed by atoms with van der Waals surface area (Å²) in [5, 5.41) is 26.6. The van der Waals surface area contributed by atoms with Gasteiger partial charge in [-0.2, -0.15) is 19.6 Å². The highest BCUT2D eigenvalue weighted by Gasteiger charge is 2.39. The monoisotopic (exact) mass is 495 g/mol. The van der Waals surface area contributed by atoms with Crippen molar-refractivity contribution >= 4 is 16.0 Å². The van der Waals surface area contributed by atoms with Crippen molar-refractivity contribution in [2.24, 2.45) is 7.05 Å². The number of aromatic nitrogens is 4. The fourth-order valence-corrected chi connectivity index (χ4v) is 5.35. The van der Waals surface area contributed by atoms with E-state index >= 15 is 0 Å². The van der Waals surface area contributed by atoms with E-state index in [1.54, 1.807) is 14.0 Å². The highest BCUT2D eigenvalue weighted by Crippen LogP contribution is 2.28. The number of nitrogens with one attached hydrogen (secondary N) is 1. The lowest BCUT2D eigenvalue weighted by molar-refractivity contribution is -0.139. The van der Waals surface area contributed by atoms with E-state index in [2.05, 4.69) is 20.4 Å². The molecule has 14 heteroatoms. The van der Waals surface area contributed by atoms with Crippen LogP contribution < -0.4 is 10.1 Å². The number of rotatable bonds is 6. The van der Waals surface area contributed by atoms with E-state index in [0.717, 1.165) is 4.31 Å².